The molecule has 0 amide bonds. The molecule has 0 bridgehead atoms. The third kappa shape index (κ3) is 3.69. The minimum atomic E-state index is -0.694. The highest BCUT2D eigenvalue weighted by molar-refractivity contribution is 9.10. The summed E-state index contributed by atoms with van der Waals surface area (Å²) < 4.78 is 6.14. The Morgan fingerprint density at radius 2 is 2.16 bits per heavy atom. The SMILES string of the molecule is COc1ccc(Cl)cc1CC(O)c1ccc(Br)cn1. The van der Waals surface area contributed by atoms with Crippen molar-refractivity contribution in [1.29, 1.82) is 0 Å². The Hall–Kier alpha value is -1.10. The molecule has 0 saturated carbocycles. The number of rotatable bonds is 4. The second-order valence-electron chi connectivity index (χ2n) is 4.08. The van der Waals surface area contributed by atoms with Gasteiger partial charge in [-0.05, 0) is 51.8 Å². The highest BCUT2D eigenvalue weighted by Gasteiger charge is 2.13. The molecule has 1 unspecified atom stereocenters. The molecule has 2 rings (SSSR count). The Labute approximate surface area is 125 Å². The largest absolute Gasteiger partial charge is 0.496 e. The smallest absolute Gasteiger partial charge is 0.122 e. The molecule has 100 valence electrons. The summed E-state index contributed by atoms with van der Waals surface area (Å²) in [4.78, 5) is 4.18. The quantitative estimate of drug-likeness (QED) is 0.919. The standard InChI is InChI=1S/C14H13BrClNO2/c1-19-14-5-3-11(16)6-9(14)7-13(18)12-4-2-10(15)8-17-12/h2-6,8,13,18H,7H2,1H3. The van der Waals surface area contributed by atoms with Crippen LogP contribution in [0.2, 0.25) is 5.02 Å². The second kappa shape index (κ2) is 6.37. The fraction of sp³-hybridized carbons (Fsp3) is 0.214. The molecule has 0 saturated heterocycles. The summed E-state index contributed by atoms with van der Waals surface area (Å²) in [6, 6.07) is 8.97. The molecular weight excluding hydrogens is 330 g/mol. The van der Waals surface area contributed by atoms with Crippen molar-refractivity contribution in [3.05, 3.63) is 57.3 Å². The van der Waals surface area contributed by atoms with Gasteiger partial charge in [0.15, 0.2) is 0 Å². The molecular formula is C14H13BrClNO2. The van der Waals surface area contributed by atoms with Crippen LogP contribution in [0, 0.1) is 0 Å². The average Bonchev–Trinajstić information content (AvgIpc) is 2.39. The number of benzene rings is 1. The number of halogens is 2. The lowest BCUT2D eigenvalue weighted by molar-refractivity contribution is 0.172. The van der Waals surface area contributed by atoms with E-state index in [-0.39, 0.29) is 0 Å². The number of methoxy groups -OCH3 is 1. The van der Waals surface area contributed by atoms with Crippen molar-refractivity contribution in [2.75, 3.05) is 7.11 Å². The highest BCUT2D eigenvalue weighted by atomic mass is 79.9. The maximum atomic E-state index is 10.2. The molecule has 0 aliphatic rings. The molecule has 1 N–H and O–H groups in total. The summed E-state index contributed by atoms with van der Waals surface area (Å²) in [7, 11) is 1.59. The maximum absolute atomic E-state index is 10.2. The van der Waals surface area contributed by atoms with Crippen LogP contribution < -0.4 is 4.74 Å². The minimum absolute atomic E-state index is 0.401. The number of ether oxygens (including phenoxy) is 1. The normalized spacial score (nSPS) is 12.2. The van der Waals surface area contributed by atoms with E-state index in [9.17, 15) is 5.11 Å². The number of aliphatic hydroxyl groups is 1. The summed E-state index contributed by atoms with van der Waals surface area (Å²) in [6.45, 7) is 0. The Balaban J connectivity index is 2.20. The Bertz CT molecular complexity index is 560. The molecule has 1 atom stereocenters. The van der Waals surface area contributed by atoms with E-state index in [1.807, 2.05) is 6.07 Å². The molecule has 1 aromatic carbocycles. The van der Waals surface area contributed by atoms with Crippen molar-refractivity contribution in [2.45, 2.75) is 12.5 Å². The summed E-state index contributed by atoms with van der Waals surface area (Å²) in [5, 5.41) is 10.8. The number of pyridine rings is 1. The third-order valence-corrected chi connectivity index (χ3v) is 3.45. The van der Waals surface area contributed by atoms with Gasteiger partial charge in [0.1, 0.15) is 11.9 Å². The average molecular weight is 343 g/mol. The Morgan fingerprint density at radius 3 is 2.79 bits per heavy atom. The first-order valence-electron chi connectivity index (χ1n) is 5.72. The molecule has 19 heavy (non-hydrogen) atoms. The molecule has 0 aliphatic heterocycles. The van der Waals surface area contributed by atoms with Gasteiger partial charge in [-0.1, -0.05) is 11.6 Å². The van der Waals surface area contributed by atoms with Crippen LogP contribution in [0.3, 0.4) is 0 Å². The van der Waals surface area contributed by atoms with Gasteiger partial charge in [0.2, 0.25) is 0 Å². The van der Waals surface area contributed by atoms with Crippen molar-refractivity contribution in [3.8, 4) is 5.75 Å². The van der Waals surface area contributed by atoms with E-state index in [1.54, 1.807) is 37.6 Å². The number of hydrogen-bond donors (Lipinski definition) is 1. The summed E-state index contributed by atoms with van der Waals surface area (Å²) in [5.41, 5.74) is 1.47. The lowest BCUT2D eigenvalue weighted by atomic mass is 10.0. The van der Waals surface area contributed by atoms with Crippen LogP contribution in [0.5, 0.6) is 5.75 Å². The minimum Gasteiger partial charge on any atom is -0.496 e. The number of nitrogens with zero attached hydrogens (tertiary/aromatic N) is 1. The van der Waals surface area contributed by atoms with Gasteiger partial charge in [-0.3, -0.25) is 4.98 Å². The van der Waals surface area contributed by atoms with E-state index >= 15 is 0 Å². The molecule has 0 spiro atoms. The molecule has 3 nitrogen and oxygen atoms in total. The van der Waals surface area contributed by atoms with Gasteiger partial charge in [-0.2, -0.15) is 0 Å². The first kappa shape index (κ1) is 14.3. The Kier molecular flexibility index (Phi) is 4.80. The molecule has 1 heterocycles. The lowest BCUT2D eigenvalue weighted by Crippen LogP contribution is -2.05. The zero-order valence-corrected chi connectivity index (χ0v) is 12.6. The van der Waals surface area contributed by atoms with E-state index < -0.39 is 6.10 Å². The van der Waals surface area contributed by atoms with E-state index in [1.165, 1.54) is 0 Å². The van der Waals surface area contributed by atoms with Crippen LogP contribution >= 0.6 is 27.5 Å². The first-order chi connectivity index (χ1) is 9.10. The van der Waals surface area contributed by atoms with Gasteiger partial charge in [-0.15, -0.1) is 0 Å². The number of hydrogen-bond acceptors (Lipinski definition) is 3. The zero-order valence-electron chi connectivity index (χ0n) is 10.3. The van der Waals surface area contributed by atoms with Crippen molar-refractivity contribution >= 4 is 27.5 Å². The van der Waals surface area contributed by atoms with E-state index in [0.29, 0.717) is 22.9 Å². The van der Waals surface area contributed by atoms with Gasteiger partial charge in [0, 0.05) is 22.1 Å². The van der Waals surface area contributed by atoms with Gasteiger partial charge in [0.05, 0.1) is 12.8 Å². The molecule has 1 aromatic heterocycles. The topological polar surface area (TPSA) is 42.4 Å². The lowest BCUT2D eigenvalue weighted by Gasteiger charge is -2.13. The van der Waals surface area contributed by atoms with Gasteiger partial charge in [0.25, 0.3) is 0 Å². The van der Waals surface area contributed by atoms with E-state index in [2.05, 4.69) is 20.9 Å². The van der Waals surface area contributed by atoms with Crippen molar-refractivity contribution < 1.29 is 9.84 Å². The molecule has 0 radical (unpaired) electrons. The van der Waals surface area contributed by atoms with E-state index in [0.717, 1.165) is 10.0 Å². The monoisotopic (exact) mass is 341 g/mol. The summed E-state index contributed by atoms with van der Waals surface area (Å²) >= 11 is 9.28. The molecule has 0 aliphatic carbocycles. The van der Waals surface area contributed by atoms with Gasteiger partial charge < -0.3 is 9.84 Å². The number of aliphatic hydroxyl groups excluding tert-OH is 1. The third-order valence-electron chi connectivity index (χ3n) is 2.75. The zero-order chi connectivity index (χ0) is 13.8. The molecule has 5 heteroatoms. The van der Waals surface area contributed by atoms with Crippen LogP contribution in [0.25, 0.3) is 0 Å². The van der Waals surface area contributed by atoms with Crippen LogP contribution in [-0.4, -0.2) is 17.2 Å². The van der Waals surface area contributed by atoms with Crippen molar-refractivity contribution in [3.63, 3.8) is 0 Å². The van der Waals surface area contributed by atoms with Crippen molar-refractivity contribution in [2.24, 2.45) is 0 Å². The number of aromatic nitrogens is 1. The van der Waals surface area contributed by atoms with Gasteiger partial charge >= 0.3 is 0 Å². The van der Waals surface area contributed by atoms with E-state index in [4.69, 9.17) is 16.3 Å². The second-order valence-corrected chi connectivity index (χ2v) is 5.43. The Morgan fingerprint density at radius 1 is 1.37 bits per heavy atom. The first-order valence-corrected chi connectivity index (χ1v) is 6.89. The van der Waals surface area contributed by atoms with Gasteiger partial charge in [-0.25, -0.2) is 0 Å². The highest BCUT2D eigenvalue weighted by Crippen LogP contribution is 2.27. The molecule has 0 fully saturated rings. The van der Waals surface area contributed by atoms with Crippen LogP contribution in [-0.2, 0) is 6.42 Å². The summed E-state index contributed by atoms with van der Waals surface area (Å²) in [5.74, 6) is 0.709. The van der Waals surface area contributed by atoms with Crippen LogP contribution in [0.1, 0.15) is 17.4 Å². The van der Waals surface area contributed by atoms with Crippen LogP contribution in [0.15, 0.2) is 41.0 Å². The summed E-state index contributed by atoms with van der Waals surface area (Å²) in [6.07, 6.45) is 1.37. The fourth-order valence-electron chi connectivity index (χ4n) is 1.80. The maximum Gasteiger partial charge on any atom is 0.122 e. The molecule has 2 aromatic rings. The fourth-order valence-corrected chi connectivity index (χ4v) is 2.23. The van der Waals surface area contributed by atoms with Crippen molar-refractivity contribution in [1.82, 2.24) is 4.98 Å². The predicted molar refractivity (Wildman–Crippen MR) is 78.6 cm³/mol. The predicted octanol–water partition coefficient (Wildman–Crippen LogP) is 3.78. The van der Waals surface area contributed by atoms with Crippen LogP contribution in [0.4, 0.5) is 0 Å².